The van der Waals surface area contributed by atoms with Gasteiger partial charge in [-0.3, -0.25) is 4.79 Å². The smallest absolute Gasteiger partial charge is 0.240 e. The molecular weight excluding hydrogens is 325 g/mol. The van der Waals surface area contributed by atoms with E-state index in [4.69, 9.17) is 10.5 Å². The molecule has 1 aromatic carbocycles. The summed E-state index contributed by atoms with van der Waals surface area (Å²) in [4.78, 5) is 14.3. The highest BCUT2D eigenvalue weighted by atomic mass is 35.5. The quantitative estimate of drug-likeness (QED) is 0.868. The maximum atomic E-state index is 12.3. The maximum absolute atomic E-state index is 12.3. The number of halogens is 2. The summed E-state index contributed by atoms with van der Waals surface area (Å²) in [7, 11) is 3.98. The molecule has 1 heterocycles. The predicted molar refractivity (Wildman–Crippen MR) is 94.1 cm³/mol. The van der Waals surface area contributed by atoms with Gasteiger partial charge in [-0.2, -0.15) is 0 Å². The molecule has 0 bridgehead atoms. The first-order valence-corrected chi connectivity index (χ1v) is 6.93. The minimum atomic E-state index is -0.786. The molecule has 1 aromatic rings. The Kier molecular flexibility index (Phi) is 8.78. The largest absolute Gasteiger partial charge is 0.381 e. The molecule has 1 aliphatic rings. The molecule has 1 saturated heterocycles. The molecule has 0 radical (unpaired) electrons. The van der Waals surface area contributed by atoms with Crippen molar-refractivity contribution in [2.45, 2.75) is 24.9 Å². The molecule has 126 valence electrons. The van der Waals surface area contributed by atoms with E-state index in [0.717, 1.165) is 11.3 Å². The van der Waals surface area contributed by atoms with Crippen molar-refractivity contribution in [2.24, 2.45) is 5.73 Å². The number of carbonyl (C=O) groups excluding carboxylic acids is 1. The second-order valence-electron chi connectivity index (χ2n) is 5.47. The van der Waals surface area contributed by atoms with Crippen LogP contribution in [0.25, 0.3) is 0 Å². The van der Waals surface area contributed by atoms with Crippen molar-refractivity contribution >= 4 is 36.4 Å². The van der Waals surface area contributed by atoms with Crippen molar-refractivity contribution < 1.29 is 9.53 Å². The SMILES string of the molecule is CN(C)c1ccccc1CNC(=O)C1(N)CCOCC1.Cl.Cl. The lowest BCUT2D eigenvalue weighted by molar-refractivity contribution is -0.129. The van der Waals surface area contributed by atoms with Crippen LogP contribution < -0.4 is 16.0 Å². The highest BCUT2D eigenvalue weighted by Crippen LogP contribution is 2.20. The number of nitrogens with one attached hydrogen (secondary N) is 1. The van der Waals surface area contributed by atoms with Gasteiger partial charge < -0.3 is 20.7 Å². The molecule has 0 spiro atoms. The zero-order valence-corrected chi connectivity index (χ0v) is 14.6. The summed E-state index contributed by atoms with van der Waals surface area (Å²) >= 11 is 0. The molecule has 0 aliphatic carbocycles. The van der Waals surface area contributed by atoms with Crippen molar-refractivity contribution in [3.05, 3.63) is 29.8 Å². The van der Waals surface area contributed by atoms with E-state index in [2.05, 4.69) is 5.32 Å². The number of ether oxygens (including phenoxy) is 1. The number of benzene rings is 1. The predicted octanol–water partition coefficient (Wildman–Crippen LogP) is 1.72. The van der Waals surface area contributed by atoms with Gasteiger partial charge in [-0.1, -0.05) is 18.2 Å². The number of nitrogens with two attached hydrogens (primary N) is 1. The second-order valence-corrected chi connectivity index (χ2v) is 5.47. The van der Waals surface area contributed by atoms with E-state index in [1.54, 1.807) is 0 Å². The zero-order chi connectivity index (χ0) is 14.6. The molecular formula is C15H25Cl2N3O2. The van der Waals surface area contributed by atoms with Crippen LogP contribution in [0, 0.1) is 0 Å². The van der Waals surface area contributed by atoms with Crippen LogP contribution >= 0.6 is 24.8 Å². The standard InChI is InChI=1S/C15H23N3O2.2ClH/c1-18(2)13-6-4-3-5-12(13)11-17-14(19)15(16)7-9-20-10-8-15;;/h3-6H,7-11,16H2,1-2H3,(H,17,19);2*1H. The van der Waals surface area contributed by atoms with E-state index < -0.39 is 5.54 Å². The Morgan fingerprint density at radius 3 is 2.45 bits per heavy atom. The summed E-state index contributed by atoms with van der Waals surface area (Å²) < 4.78 is 5.26. The maximum Gasteiger partial charge on any atom is 0.240 e. The van der Waals surface area contributed by atoms with Gasteiger partial charge in [0.15, 0.2) is 0 Å². The Labute approximate surface area is 144 Å². The Morgan fingerprint density at radius 2 is 1.86 bits per heavy atom. The van der Waals surface area contributed by atoms with E-state index in [0.29, 0.717) is 32.6 Å². The van der Waals surface area contributed by atoms with Crippen molar-refractivity contribution in [1.82, 2.24) is 5.32 Å². The Morgan fingerprint density at radius 1 is 1.27 bits per heavy atom. The van der Waals surface area contributed by atoms with Crippen LogP contribution in [0.4, 0.5) is 5.69 Å². The monoisotopic (exact) mass is 349 g/mol. The van der Waals surface area contributed by atoms with E-state index in [1.165, 1.54) is 0 Å². The average molecular weight is 350 g/mol. The number of nitrogens with zero attached hydrogens (tertiary/aromatic N) is 1. The zero-order valence-electron chi connectivity index (χ0n) is 13.0. The van der Waals surface area contributed by atoms with Crippen LogP contribution in [-0.2, 0) is 16.1 Å². The number of hydrogen-bond acceptors (Lipinski definition) is 4. The number of anilines is 1. The topological polar surface area (TPSA) is 67.6 Å². The van der Waals surface area contributed by atoms with Crippen LogP contribution in [0.3, 0.4) is 0 Å². The van der Waals surface area contributed by atoms with Crippen LogP contribution in [0.2, 0.25) is 0 Å². The number of hydrogen-bond donors (Lipinski definition) is 2. The van der Waals surface area contributed by atoms with Gasteiger partial charge in [0.05, 0.1) is 5.54 Å². The van der Waals surface area contributed by atoms with Crippen LogP contribution in [0.15, 0.2) is 24.3 Å². The highest BCUT2D eigenvalue weighted by Gasteiger charge is 2.35. The number of para-hydroxylation sites is 1. The van der Waals surface area contributed by atoms with E-state index >= 15 is 0 Å². The number of carbonyl (C=O) groups is 1. The third kappa shape index (κ3) is 5.02. The molecule has 1 amide bonds. The van der Waals surface area contributed by atoms with Gasteiger partial charge in [0.1, 0.15) is 0 Å². The lowest BCUT2D eigenvalue weighted by atomic mass is 9.90. The van der Waals surface area contributed by atoms with E-state index in [1.807, 2.05) is 43.3 Å². The average Bonchev–Trinajstić information content (AvgIpc) is 2.45. The first-order valence-electron chi connectivity index (χ1n) is 6.93. The Bertz CT molecular complexity index is 478. The molecule has 0 atom stereocenters. The fourth-order valence-electron chi connectivity index (χ4n) is 2.41. The summed E-state index contributed by atoms with van der Waals surface area (Å²) in [5.74, 6) is -0.0886. The van der Waals surface area contributed by atoms with E-state index in [9.17, 15) is 4.79 Å². The van der Waals surface area contributed by atoms with Crippen molar-refractivity contribution in [1.29, 1.82) is 0 Å². The minimum Gasteiger partial charge on any atom is -0.381 e. The van der Waals surface area contributed by atoms with Crippen LogP contribution in [0.5, 0.6) is 0 Å². The van der Waals surface area contributed by atoms with Crippen molar-refractivity contribution in [3.8, 4) is 0 Å². The molecule has 7 heteroatoms. The molecule has 0 saturated carbocycles. The van der Waals surface area contributed by atoms with Gasteiger partial charge >= 0.3 is 0 Å². The first-order chi connectivity index (χ1) is 9.53. The molecule has 22 heavy (non-hydrogen) atoms. The number of rotatable bonds is 4. The summed E-state index contributed by atoms with van der Waals surface area (Å²) in [5.41, 5.74) is 7.56. The second kappa shape index (κ2) is 9.20. The Balaban J connectivity index is 0.00000220. The van der Waals surface area contributed by atoms with Gasteiger partial charge in [0.2, 0.25) is 5.91 Å². The third-order valence-corrected chi connectivity index (χ3v) is 3.75. The fraction of sp³-hybridized carbons (Fsp3) is 0.533. The summed E-state index contributed by atoms with van der Waals surface area (Å²) in [5, 5.41) is 2.96. The van der Waals surface area contributed by atoms with Gasteiger partial charge in [0.25, 0.3) is 0 Å². The third-order valence-electron chi connectivity index (χ3n) is 3.75. The van der Waals surface area contributed by atoms with Crippen molar-refractivity contribution in [3.63, 3.8) is 0 Å². The van der Waals surface area contributed by atoms with Gasteiger partial charge in [-0.05, 0) is 24.5 Å². The van der Waals surface area contributed by atoms with Crippen LogP contribution in [0.1, 0.15) is 18.4 Å². The molecule has 1 fully saturated rings. The fourth-order valence-corrected chi connectivity index (χ4v) is 2.41. The van der Waals surface area contributed by atoms with Gasteiger partial charge in [-0.15, -0.1) is 24.8 Å². The molecule has 0 aromatic heterocycles. The molecule has 5 nitrogen and oxygen atoms in total. The number of amides is 1. The summed E-state index contributed by atoms with van der Waals surface area (Å²) in [6.07, 6.45) is 1.16. The van der Waals surface area contributed by atoms with Gasteiger partial charge in [0, 0.05) is 39.5 Å². The summed E-state index contributed by atoms with van der Waals surface area (Å²) in [6.45, 7) is 1.60. The van der Waals surface area contributed by atoms with E-state index in [-0.39, 0.29) is 30.7 Å². The van der Waals surface area contributed by atoms with Crippen molar-refractivity contribution in [2.75, 3.05) is 32.2 Å². The molecule has 3 N–H and O–H groups in total. The molecule has 0 unspecified atom stereocenters. The van der Waals surface area contributed by atoms with Gasteiger partial charge in [-0.25, -0.2) is 0 Å². The van der Waals surface area contributed by atoms with Crippen LogP contribution in [-0.4, -0.2) is 38.8 Å². The summed E-state index contributed by atoms with van der Waals surface area (Å²) in [6, 6.07) is 8.02. The normalized spacial score (nSPS) is 16.0. The highest BCUT2D eigenvalue weighted by molar-refractivity contribution is 5.86. The lowest BCUT2D eigenvalue weighted by Gasteiger charge is -2.32. The lowest BCUT2D eigenvalue weighted by Crippen LogP contribution is -2.56. The molecule has 2 rings (SSSR count). The Hall–Kier alpha value is -1.01. The molecule has 1 aliphatic heterocycles. The minimum absolute atomic E-state index is 0. The first kappa shape index (κ1) is 21.0.